The largest absolute Gasteiger partial charge is 0.441 e. The number of urea groups is 1. The maximum absolute atomic E-state index is 12.4. The van der Waals surface area contributed by atoms with E-state index >= 15 is 0 Å². The minimum atomic E-state index is -0.303. The van der Waals surface area contributed by atoms with Crippen LogP contribution < -0.4 is 10.6 Å². The van der Waals surface area contributed by atoms with Gasteiger partial charge in [0.25, 0.3) is 0 Å². The zero-order valence-corrected chi connectivity index (χ0v) is 14.0. The summed E-state index contributed by atoms with van der Waals surface area (Å²) in [5.74, 6) is 0.588. The third kappa shape index (κ3) is 4.36. The van der Waals surface area contributed by atoms with Crippen LogP contribution in [0.2, 0.25) is 0 Å². The fourth-order valence-corrected chi connectivity index (χ4v) is 2.75. The lowest BCUT2D eigenvalue weighted by molar-refractivity contribution is 0.244. The van der Waals surface area contributed by atoms with Crippen molar-refractivity contribution < 1.29 is 14.3 Å². The van der Waals surface area contributed by atoms with Crippen molar-refractivity contribution in [3.63, 3.8) is 0 Å². The van der Waals surface area contributed by atoms with E-state index in [1.54, 1.807) is 19.1 Å². The van der Waals surface area contributed by atoms with Crippen LogP contribution in [0.25, 0.3) is 11.1 Å². The number of hydrogen-bond donors (Lipinski definition) is 3. The first-order chi connectivity index (χ1) is 12.2. The molecule has 2 amide bonds. The second-order valence-electron chi connectivity index (χ2n) is 5.84. The first kappa shape index (κ1) is 17.0. The highest BCUT2D eigenvalue weighted by Gasteiger charge is 2.14. The molecule has 0 spiro atoms. The van der Waals surface area contributed by atoms with Gasteiger partial charge >= 0.3 is 6.03 Å². The summed E-state index contributed by atoms with van der Waals surface area (Å²) in [7, 11) is 0. The Hall–Kier alpha value is -2.86. The number of nitrogens with one attached hydrogen (secondary N) is 2. The molecule has 0 fully saturated rings. The molecule has 25 heavy (non-hydrogen) atoms. The Bertz CT molecular complexity index is 846. The SMILES string of the molecule is Cc1nc2ccc(NC(=O)NC(CCCO)c3ccccc3)cc2o1. The molecule has 0 aliphatic heterocycles. The van der Waals surface area contributed by atoms with E-state index in [0.29, 0.717) is 30.0 Å². The van der Waals surface area contributed by atoms with Crippen LogP contribution in [-0.4, -0.2) is 22.7 Å². The highest BCUT2D eigenvalue weighted by molar-refractivity contribution is 5.91. The van der Waals surface area contributed by atoms with Crippen molar-refractivity contribution in [2.75, 3.05) is 11.9 Å². The highest BCUT2D eigenvalue weighted by Crippen LogP contribution is 2.21. The second kappa shape index (κ2) is 7.81. The molecule has 1 heterocycles. The Morgan fingerprint density at radius 2 is 2.04 bits per heavy atom. The molecule has 130 valence electrons. The molecule has 1 atom stereocenters. The van der Waals surface area contributed by atoms with Gasteiger partial charge in [-0.1, -0.05) is 30.3 Å². The minimum Gasteiger partial charge on any atom is -0.441 e. The smallest absolute Gasteiger partial charge is 0.319 e. The van der Waals surface area contributed by atoms with Crippen LogP contribution in [0.4, 0.5) is 10.5 Å². The summed E-state index contributed by atoms with van der Waals surface area (Å²) in [5.41, 5.74) is 3.03. The summed E-state index contributed by atoms with van der Waals surface area (Å²) in [5, 5.41) is 14.9. The van der Waals surface area contributed by atoms with Gasteiger partial charge in [0.2, 0.25) is 0 Å². The molecular weight excluding hydrogens is 318 g/mol. The molecule has 0 aliphatic rings. The summed E-state index contributed by atoms with van der Waals surface area (Å²) >= 11 is 0. The molecule has 3 rings (SSSR count). The van der Waals surface area contributed by atoms with Gasteiger partial charge < -0.3 is 20.2 Å². The molecule has 1 aromatic heterocycles. The number of carbonyl (C=O) groups excluding carboxylic acids is 1. The third-order valence-corrected chi connectivity index (χ3v) is 3.91. The van der Waals surface area contributed by atoms with E-state index in [0.717, 1.165) is 11.1 Å². The molecule has 0 bridgehead atoms. The van der Waals surface area contributed by atoms with Gasteiger partial charge in [-0.2, -0.15) is 0 Å². The summed E-state index contributed by atoms with van der Waals surface area (Å²) in [6.45, 7) is 1.87. The van der Waals surface area contributed by atoms with E-state index in [1.807, 2.05) is 36.4 Å². The number of hydrogen-bond acceptors (Lipinski definition) is 4. The van der Waals surface area contributed by atoms with Gasteiger partial charge in [-0.25, -0.2) is 9.78 Å². The maximum Gasteiger partial charge on any atom is 0.319 e. The lowest BCUT2D eigenvalue weighted by atomic mass is 10.0. The van der Waals surface area contributed by atoms with Gasteiger partial charge in [-0.3, -0.25) is 0 Å². The number of carbonyl (C=O) groups is 1. The molecule has 2 aromatic carbocycles. The van der Waals surface area contributed by atoms with Gasteiger partial charge in [0.05, 0.1) is 6.04 Å². The van der Waals surface area contributed by atoms with Gasteiger partial charge in [-0.15, -0.1) is 0 Å². The van der Waals surface area contributed by atoms with Crippen molar-refractivity contribution in [2.45, 2.75) is 25.8 Å². The van der Waals surface area contributed by atoms with E-state index in [2.05, 4.69) is 15.6 Å². The van der Waals surface area contributed by atoms with Crippen molar-refractivity contribution in [3.05, 3.63) is 60.0 Å². The topological polar surface area (TPSA) is 87.4 Å². The standard InChI is InChI=1S/C19H21N3O3/c1-13-20-17-10-9-15(12-18(17)25-13)21-19(24)22-16(8-5-11-23)14-6-3-2-4-7-14/h2-4,6-7,9-10,12,16,23H,5,8,11H2,1H3,(H2,21,22,24). The second-order valence-corrected chi connectivity index (χ2v) is 5.84. The number of amides is 2. The number of benzene rings is 2. The van der Waals surface area contributed by atoms with Crippen molar-refractivity contribution in [1.82, 2.24) is 10.3 Å². The zero-order valence-electron chi connectivity index (χ0n) is 14.0. The average molecular weight is 339 g/mol. The quantitative estimate of drug-likeness (QED) is 0.638. The Morgan fingerprint density at radius 1 is 1.24 bits per heavy atom. The molecule has 0 aliphatic carbocycles. The predicted octanol–water partition coefficient (Wildman–Crippen LogP) is 3.77. The Morgan fingerprint density at radius 3 is 2.80 bits per heavy atom. The lowest BCUT2D eigenvalue weighted by Gasteiger charge is -2.19. The number of aryl methyl sites for hydroxylation is 1. The number of aliphatic hydroxyl groups is 1. The highest BCUT2D eigenvalue weighted by atomic mass is 16.3. The minimum absolute atomic E-state index is 0.0914. The van der Waals surface area contributed by atoms with E-state index in [-0.39, 0.29) is 18.7 Å². The van der Waals surface area contributed by atoms with Crippen LogP contribution in [0.1, 0.15) is 30.3 Å². The van der Waals surface area contributed by atoms with Crippen molar-refractivity contribution in [2.24, 2.45) is 0 Å². The monoisotopic (exact) mass is 339 g/mol. The normalized spacial score (nSPS) is 12.1. The van der Waals surface area contributed by atoms with Crippen LogP contribution >= 0.6 is 0 Å². The summed E-state index contributed by atoms with van der Waals surface area (Å²) in [6.07, 6.45) is 1.28. The summed E-state index contributed by atoms with van der Waals surface area (Å²) in [4.78, 5) is 16.6. The molecular formula is C19H21N3O3. The number of rotatable bonds is 6. The number of fused-ring (bicyclic) bond motifs is 1. The predicted molar refractivity (Wildman–Crippen MR) is 96.4 cm³/mol. The van der Waals surface area contributed by atoms with Crippen LogP contribution in [-0.2, 0) is 0 Å². The number of aromatic nitrogens is 1. The molecule has 6 nitrogen and oxygen atoms in total. The molecule has 0 saturated heterocycles. The van der Waals surface area contributed by atoms with Crippen molar-refractivity contribution in [1.29, 1.82) is 0 Å². The number of oxazole rings is 1. The first-order valence-corrected chi connectivity index (χ1v) is 8.26. The number of nitrogens with zero attached hydrogens (tertiary/aromatic N) is 1. The van der Waals surface area contributed by atoms with Crippen molar-refractivity contribution in [3.8, 4) is 0 Å². The van der Waals surface area contributed by atoms with Crippen molar-refractivity contribution >= 4 is 22.8 Å². The Kier molecular flexibility index (Phi) is 5.30. The summed E-state index contributed by atoms with van der Waals surface area (Å²) in [6, 6.07) is 14.6. The molecule has 0 saturated carbocycles. The van der Waals surface area contributed by atoms with Gasteiger partial charge in [-0.05, 0) is 30.5 Å². The maximum atomic E-state index is 12.4. The van der Waals surface area contributed by atoms with Gasteiger partial charge in [0.15, 0.2) is 11.5 Å². The molecule has 0 radical (unpaired) electrons. The van der Waals surface area contributed by atoms with E-state index < -0.39 is 0 Å². The van der Waals surface area contributed by atoms with E-state index in [9.17, 15) is 4.79 Å². The first-order valence-electron chi connectivity index (χ1n) is 8.26. The van der Waals surface area contributed by atoms with Gasteiger partial charge in [0.1, 0.15) is 5.52 Å². The molecule has 3 aromatic rings. The van der Waals surface area contributed by atoms with Crippen LogP contribution in [0.3, 0.4) is 0 Å². The zero-order chi connectivity index (χ0) is 17.6. The van der Waals surface area contributed by atoms with E-state index in [4.69, 9.17) is 9.52 Å². The van der Waals surface area contributed by atoms with E-state index in [1.165, 1.54) is 0 Å². The lowest BCUT2D eigenvalue weighted by Crippen LogP contribution is -2.32. The number of aliphatic hydroxyl groups excluding tert-OH is 1. The molecule has 1 unspecified atom stereocenters. The Labute approximate surface area is 145 Å². The van der Waals surface area contributed by atoms with Gasteiger partial charge in [0, 0.05) is 25.3 Å². The fourth-order valence-electron chi connectivity index (χ4n) is 2.75. The molecule has 3 N–H and O–H groups in total. The van der Waals surface area contributed by atoms with Crippen LogP contribution in [0.15, 0.2) is 52.9 Å². The fraction of sp³-hybridized carbons (Fsp3) is 0.263. The third-order valence-electron chi connectivity index (χ3n) is 3.91. The number of anilines is 1. The Balaban J connectivity index is 1.69. The average Bonchev–Trinajstić information content (AvgIpc) is 2.98. The van der Waals surface area contributed by atoms with Crippen LogP contribution in [0, 0.1) is 6.92 Å². The summed E-state index contributed by atoms with van der Waals surface area (Å²) < 4.78 is 5.48. The van der Waals surface area contributed by atoms with Crippen LogP contribution in [0.5, 0.6) is 0 Å². The molecule has 6 heteroatoms.